The molecule has 1 aromatic carbocycles. The Labute approximate surface area is 93.1 Å². The van der Waals surface area contributed by atoms with Crippen molar-refractivity contribution >= 4 is 11.9 Å². The molecule has 84 valence electrons. The summed E-state index contributed by atoms with van der Waals surface area (Å²) in [4.78, 5) is 0.947. The van der Waals surface area contributed by atoms with E-state index in [2.05, 4.69) is 0 Å². The lowest BCUT2D eigenvalue weighted by atomic mass is 10.0. The Kier molecular flexibility index (Phi) is 5.04. The predicted molar refractivity (Wildman–Crippen MR) is 60.2 cm³/mol. The van der Waals surface area contributed by atoms with Gasteiger partial charge in [0.05, 0.1) is 12.1 Å². The van der Waals surface area contributed by atoms with Crippen molar-refractivity contribution in [2.75, 3.05) is 13.8 Å². The summed E-state index contributed by atoms with van der Waals surface area (Å²) in [6.45, 7) is -0.605. The maximum absolute atomic E-state index is 12.4. The smallest absolute Gasteiger partial charge is 0.107 e. The molecule has 5 heteroatoms. The molecule has 0 saturated carbocycles. The molecule has 0 radical (unpaired) electrons. The normalized spacial score (nSPS) is 14.9. The van der Waals surface area contributed by atoms with Crippen molar-refractivity contribution in [1.29, 1.82) is 0 Å². The molecule has 0 heterocycles. The van der Waals surface area contributed by atoms with Crippen molar-refractivity contribution in [2.24, 2.45) is 10.9 Å². The molecule has 15 heavy (non-hydrogen) atoms. The van der Waals surface area contributed by atoms with Crippen LogP contribution in [0.15, 0.2) is 29.2 Å². The van der Waals surface area contributed by atoms with Crippen LogP contribution in [-0.2, 0) is 4.74 Å². The SMILES string of the molecule is COC(c1ccc(SN)cc1)C(N)CF. The Morgan fingerprint density at radius 2 is 2.00 bits per heavy atom. The summed E-state index contributed by atoms with van der Waals surface area (Å²) in [6.07, 6.45) is -0.410. The third-order valence-electron chi connectivity index (χ3n) is 2.17. The first-order chi connectivity index (χ1) is 7.22. The average Bonchev–Trinajstić information content (AvgIpc) is 2.30. The highest BCUT2D eigenvalue weighted by molar-refractivity contribution is 7.97. The molecule has 4 N–H and O–H groups in total. The van der Waals surface area contributed by atoms with Crippen molar-refractivity contribution in [1.82, 2.24) is 0 Å². The van der Waals surface area contributed by atoms with Gasteiger partial charge < -0.3 is 10.5 Å². The summed E-state index contributed by atoms with van der Waals surface area (Å²) in [7, 11) is 1.52. The van der Waals surface area contributed by atoms with Gasteiger partial charge in [-0.05, 0) is 29.6 Å². The third kappa shape index (κ3) is 3.17. The van der Waals surface area contributed by atoms with Crippen LogP contribution in [0, 0.1) is 0 Å². The van der Waals surface area contributed by atoms with E-state index in [9.17, 15) is 4.39 Å². The molecule has 0 spiro atoms. The van der Waals surface area contributed by atoms with Gasteiger partial charge in [0.25, 0.3) is 0 Å². The van der Waals surface area contributed by atoms with E-state index in [1.807, 2.05) is 24.3 Å². The fourth-order valence-electron chi connectivity index (χ4n) is 1.38. The first kappa shape index (κ1) is 12.4. The minimum atomic E-state index is -0.633. The molecule has 0 saturated heterocycles. The molecule has 0 amide bonds. The van der Waals surface area contributed by atoms with Crippen molar-refractivity contribution in [3.8, 4) is 0 Å². The highest BCUT2D eigenvalue weighted by Gasteiger charge is 2.18. The molecule has 2 atom stereocenters. The Bertz CT molecular complexity index is 294. The van der Waals surface area contributed by atoms with Crippen LogP contribution in [0.2, 0.25) is 0 Å². The lowest BCUT2D eigenvalue weighted by molar-refractivity contribution is 0.0720. The third-order valence-corrected chi connectivity index (χ3v) is 2.71. The van der Waals surface area contributed by atoms with Gasteiger partial charge in [0, 0.05) is 12.0 Å². The molecule has 0 aliphatic rings. The molecule has 0 aromatic heterocycles. The van der Waals surface area contributed by atoms with Gasteiger partial charge >= 0.3 is 0 Å². The number of ether oxygens (including phenoxy) is 1. The summed E-state index contributed by atoms with van der Waals surface area (Å²) in [5.41, 5.74) is 6.46. The molecule has 0 aliphatic carbocycles. The first-order valence-electron chi connectivity index (χ1n) is 4.54. The van der Waals surface area contributed by atoms with Crippen LogP contribution in [0.25, 0.3) is 0 Å². The van der Waals surface area contributed by atoms with E-state index in [4.69, 9.17) is 15.6 Å². The predicted octanol–water partition coefficient (Wildman–Crippen LogP) is 1.64. The lowest BCUT2D eigenvalue weighted by Crippen LogP contribution is -2.31. The van der Waals surface area contributed by atoms with E-state index in [1.54, 1.807) is 0 Å². The highest BCUT2D eigenvalue weighted by atomic mass is 32.2. The fourth-order valence-corrected chi connectivity index (χ4v) is 1.67. The molecule has 0 bridgehead atoms. The molecule has 1 aromatic rings. The number of alkyl halides is 1. The summed E-state index contributed by atoms with van der Waals surface area (Å²) >= 11 is 1.16. The molecule has 2 unspecified atom stereocenters. The van der Waals surface area contributed by atoms with Crippen LogP contribution < -0.4 is 10.9 Å². The summed E-state index contributed by atoms with van der Waals surface area (Å²) in [6, 6.07) is 6.78. The van der Waals surface area contributed by atoms with E-state index in [0.29, 0.717) is 0 Å². The Morgan fingerprint density at radius 3 is 2.40 bits per heavy atom. The van der Waals surface area contributed by atoms with Gasteiger partial charge in [-0.25, -0.2) is 4.39 Å². The maximum Gasteiger partial charge on any atom is 0.107 e. The second-order valence-corrected chi connectivity index (χ2v) is 3.87. The van der Waals surface area contributed by atoms with Crippen LogP contribution in [0.3, 0.4) is 0 Å². The summed E-state index contributed by atoms with van der Waals surface area (Å²) in [5, 5.41) is 5.40. The van der Waals surface area contributed by atoms with E-state index in [0.717, 1.165) is 22.4 Å². The number of halogens is 1. The van der Waals surface area contributed by atoms with Crippen molar-refractivity contribution in [3.63, 3.8) is 0 Å². The highest BCUT2D eigenvalue weighted by Crippen LogP contribution is 2.22. The Morgan fingerprint density at radius 1 is 1.40 bits per heavy atom. The van der Waals surface area contributed by atoms with Gasteiger partial charge in [-0.1, -0.05) is 12.1 Å². The largest absolute Gasteiger partial charge is 0.375 e. The Balaban J connectivity index is 2.83. The molecule has 0 aliphatic heterocycles. The number of benzene rings is 1. The molecular weight excluding hydrogens is 215 g/mol. The molecule has 0 fully saturated rings. The monoisotopic (exact) mass is 230 g/mol. The van der Waals surface area contributed by atoms with E-state index >= 15 is 0 Å². The molecular formula is C10H15FN2OS. The number of methoxy groups -OCH3 is 1. The summed E-state index contributed by atoms with van der Waals surface area (Å²) in [5.74, 6) is 0. The number of hydrogen-bond acceptors (Lipinski definition) is 4. The van der Waals surface area contributed by atoms with Crippen LogP contribution in [0.1, 0.15) is 11.7 Å². The Hall–Kier alpha value is -0.620. The lowest BCUT2D eigenvalue weighted by Gasteiger charge is -2.20. The van der Waals surface area contributed by atoms with Crippen molar-refractivity contribution < 1.29 is 9.13 Å². The number of hydrogen-bond donors (Lipinski definition) is 2. The van der Waals surface area contributed by atoms with Gasteiger partial charge in [-0.15, -0.1) is 0 Å². The number of nitrogens with two attached hydrogens (primary N) is 2. The van der Waals surface area contributed by atoms with Gasteiger partial charge in [-0.3, -0.25) is 5.14 Å². The van der Waals surface area contributed by atoms with Crippen molar-refractivity contribution in [2.45, 2.75) is 17.0 Å². The van der Waals surface area contributed by atoms with Crippen molar-refractivity contribution in [3.05, 3.63) is 29.8 Å². The zero-order chi connectivity index (χ0) is 11.3. The zero-order valence-corrected chi connectivity index (χ0v) is 9.34. The minimum absolute atomic E-state index is 0.410. The van der Waals surface area contributed by atoms with Crippen LogP contribution in [0.4, 0.5) is 4.39 Å². The standard InChI is InChI=1S/C10H15FN2OS/c1-14-10(9(12)6-11)7-2-4-8(15-13)5-3-7/h2-5,9-10H,6,12-13H2,1H3. The van der Waals surface area contributed by atoms with Gasteiger partial charge in [0.1, 0.15) is 6.67 Å². The van der Waals surface area contributed by atoms with E-state index < -0.39 is 18.8 Å². The fraction of sp³-hybridized carbons (Fsp3) is 0.400. The van der Waals surface area contributed by atoms with Crippen LogP contribution in [-0.4, -0.2) is 19.8 Å². The second kappa shape index (κ2) is 6.07. The topological polar surface area (TPSA) is 61.3 Å². The number of rotatable bonds is 5. The van der Waals surface area contributed by atoms with Crippen LogP contribution >= 0.6 is 11.9 Å². The zero-order valence-electron chi connectivity index (χ0n) is 8.52. The van der Waals surface area contributed by atoms with E-state index in [1.165, 1.54) is 7.11 Å². The molecule has 1 rings (SSSR count). The van der Waals surface area contributed by atoms with E-state index in [-0.39, 0.29) is 0 Å². The van der Waals surface area contributed by atoms with Gasteiger partial charge in [0.2, 0.25) is 0 Å². The van der Waals surface area contributed by atoms with Gasteiger partial charge in [0.15, 0.2) is 0 Å². The minimum Gasteiger partial charge on any atom is -0.375 e. The molecule has 3 nitrogen and oxygen atoms in total. The first-order valence-corrected chi connectivity index (χ1v) is 5.42. The maximum atomic E-state index is 12.4. The quantitative estimate of drug-likeness (QED) is 0.755. The van der Waals surface area contributed by atoms with Gasteiger partial charge in [-0.2, -0.15) is 0 Å². The summed E-state index contributed by atoms with van der Waals surface area (Å²) < 4.78 is 17.6. The second-order valence-electron chi connectivity index (χ2n) is 3.16. The average molecular weight is 230 g/mol. The van der Waals surface area contributed by atoms with Crippen LogP contribution in [0.5, 0.6) is 0 Å².